The minimum Gasteiger partial charge on any atom is -0.480 e. The van der Waals surface area contributed by atoms with Crippen LogP contribution in [-0.4, -0.2) is 22.6 Å². The Hall–Kier alpha value is -1.21. The molecule has 0 heterocycles. The van der Waals surface area contributed by atoms with Crippen molar-refractivity contribution in [3.05, 3.63) is 29.8 Å². The van der Waals surface area contributed by atoms with Gasteiger partial charge < -0.3 is 10.4 Å². The summed E-state index contributed by atoms with van der Waals surface area (Å²) in [6.07, 6.45) is 0. The van der Waals surface area contributed by atoms with Crippen LogP contribution in [0.15, 0.2) is 29.2 Å². The lowest BCUT2D eigenvalue weighted by Gasteiger charge is -2.18. The highest BCUT2D eigenvalue weighted by Crippen LogP contribution is 2.36. The maximum atomic E-state index is 12.2. The number of carboxylic acid groups (broad SMARTS) is 1. The largest absolute Gasteiger partial charge is 0.480 e. The fourth-order valence-corrected chi connectivity index (χ4v) is 2.18. The first kappa shape index (κ1) is 16.8. The Bertz CT molecular complexity index is 446. The Morgan fingerprint density at radius 1 is 1.30 bits per heavy atom. The van der Waals surface area contributed by atoms with Crippen molar-refractivity contribution in [1.29, 1.82) is 0 Å². The summed E-state index contributed by atoms with van der Waals surface area (Å²) in [5.74, 6) is -1.02. The van der Waals surface area contributed by atoms with Gasteiger partial charge in [-0.25, -0.2) is 0 Å². The molecular weight excluding hydrogens is 291 g/mol. The van der Waals surface area contributed by atoms with Crippen LogP contribution in [0.3, 0.4) is 0 Å². The van der Waals surface area contributed by atoms with E-state index in [2.05, 4.69) is 5.32 Å². The fraction of sp³-hybridized carbons (Fsp3) is 0.462. The van der Waals surface area contributed by atoms with E-state index in [4.69, 9.17) is 5.11 Å². The Labute approximate surface area is 119 Å². The van der Waals surface area contributed by atoms with Crippen LogP contribution in [0.5, 0.6) is 0 Å². The van der Waals surface area contributed by atoms with Crippen LogP contribution in [0, 0.1) is 5.92 Å². The smallest absolute Gasteiger partial charge is 0.446 e. The molecule has 112 valence electrons. The molecule has 0 spiro atoms. The van der Waals surface area contributed by atoms with Gasteiger partial charge in [0.2, 0.25) is 0 Å². The van der Waals surface area contributed by atoms with E-state index in [1.54, 1.807) is 26.0 Å². The van der Waals surface area contributed by atoms with Gasteiger partial charge in [-0.05, 0) is 35.4 Å². The van der Waals surface area contributed by atoms with Gasteiger partial charge in [0.15, 0.2) is 0 Å². The Kier molecular flexibility index (Phi) is 5.88. The van der Waals surface area contributed by atoms with E-state index >= 15 is 0 Å². The van der Waals surface area contributed by atoms with Crippen LogP contribution in [-0.2, 0) is 11.3 Å². The number of hydrogen-bond donors (Lipinski definition) is 2. The van der Waals surface area contributed by atoms with E-state index in [0.717, 1.165) is 5.56 Å². The molecule has 0 fully saturated rings. The lowest BCUT2D eigenvalue weighted by atomic mass is 10.0. The Morgan fingerprint density at radius 3 is 2.25 bits per heavy atom. The molecule has 0 aliphatic rings. The minimum absolute atomic E-state index is 0.0763. The quantitative estimate of drug-likeness (QED) is 0.790. The van der Waals surface area contributed by atoms with Gasteiger partial charge in [0.05, 0.1) is 0 Å². The average molecular weight is 307 g/mol. The van der Waals surface area contributed by atoms with Crippen molar-refractivity contribution in [2.75, 3.05) is 0 Å². The average Bonchev–Trinajstić information content (AvgIpc) is 2.28. The summed E-state index contributed by atoms with van der Waals surface area (Å²) < 4.78 is 36.5. The second-order valence-electron chi connectivity index (χ2n) is 4.63. The van der Waals surface area contributed by atoms with Crippen molar-refractivity contribution in [2.45, 2.75) is 36.8 Å². The van der Waals surface area contributed by atoms with Crippen LogP contribution in [0.2, 0.25) is 0 Å². The van der Waals surface area contributed by atoms with Crippen LogP contribution >= 0.6 is 11.8 Å². The predicted octanol–water partition coefficient (Wildman–Crippen LogP) is 3.50. The number of halogens is 3. The number of carboxylic acids is 1. The van der Waals surface area contributed by atoms with Crippen LogP contribution in [0.1, 0.15) is 19.4 Å². The summed E-state index contributed by atoms with van der Waals surface area (Å²) in [7, 11) is 0. The number of alkyl halides is 3. The third-order valence-corrected chi connectivity index (χ3v) is 3.36. The van der Waals surface area contributed by atoms with Crippen molar-refractivity contribution < 1.29 is 23.1 Å². The monoisotopic (exact) mass is 307 g/mol. The molecule has 20 heavy (non-hydrogen) atoms. The molecule has 0 aliphatic heterocycles. The molecule has 3 nitrogen and oxygen atoms in total. The van der Waals surface area contributed by atoms with Gasteiger partial charge in [-0.3, -0.25) is 4.79 Å². The molecule has 0 aromatic heterocycles. The van der Waals surface area contributed by atoms with Gasteiger partial charge >= 0.3 is 11.5 Å². The summed E-state index contributed by atoms with van der Waals surface area (Å²) in [5, 5.41) is 11.9. The molecule has 0 amide bonds. The van der Waals surface area contributed by atoms with E-state index in [0.29, 0.717) is 6.54 Å². The van der Waals surface area contributed by atoms with E-state index in [1.807, 2.05) is 0 Å². The number of aliphatic carboxylic acids is 1. The van der Waals surface area contributed by atoms with Gasteiger partial charge in [0.1, 0.15) is 6.04 Å². The summed E-state index contributed by atoms with van der Waals surface area (Å²) in [6, 6.07) is 5.18. The van der Waals surface area contributed by atoms with Crippen LogP contribution in [0.4, 0.5) is 13.2 Å². The zero-order valence-electron chi connectivity index (χ0n) is 11.1. The second kappa shape index (κ2) is 6.99. The van der Waals surface area contributed by atoms with Gasteiger partial charge in [-0.15, -0.1) is 0 Å². The van der Waals surface area contributed by atoms with Gasteiger partial charge in [-0.1, -0.05) is 26.0 Å². The number of thioether (sulfide) groups is 1. The number of benzene rings is 1. The zero-order chi connectivity index (χ0) is 15.3. The fourth-order valence-electron chi connectivity index (χ4n) is 1.64. The highest BCUT2D eigenvalue weighted by atomic mass is 32.2. The van der Waals surface area contributed by atoms with E-state index < -0.39 is 17.5 Å². The second-order valence-corrected chi connectivity index (χ2v) is 5.77. The first-order valence-electron chi connectivity index (χ1n) is 6.00. The molecule has 0 unspecified atom stereocenters. The highest BCUT2D eigenvalue weighted by Gasteiger charge is 2.29. The molecule has 7 heteroatoms. The van der Waals surface area contributed by atoms with Crippen LogP contribution < -0.4 is 5.32 Å². The normalized spacial score (nSPS) is 13.5. The molecule has 2 N–H and O–H groups in total. The van der Waals surface area contributed by atoms with E-state index in [-0.39, 0.29) is 22.6 Å². The minimum atomic E-state index is -4.30. The number of rotatable bonds is 6. The molecule has 0 aliphatic carbocycles. The molecule has 0 radical (unpaired) electrons. The zero-order valence-corrected chi connectivity index (χ0v) is 11.9. The topological polar surface area (TPSA) is 49.3 Å². The molecular formula is C13H16F3NO2S. The van der Waals surface area contributed by atoms with Crippen LogP contribution in [0.25, 0.3) is 0 Å². The molecule has 1 aromatic carbocycles. The van der Waals surface area contributed by atoms with Crippen molar-refractivity contribution in [3.8, 4) is 0 Å². The predicted molar refractivity (Wildman–Crippen MR) is 71.5 cm³/mol. The Morgan fingerprint density at radius 2 is 1.85 bits per heavy atom. The maximum Gasteiger partial charge on any atom is 0.446 e. The van der Waals surface area contributed by atoms with E-state index in [9.17, 15) is 18.0 Å². The third kappa shape index (κ3) is 5.83. The first-order chi connectivity index (χ1) is 9.19. The molecule has 1 aromatic rings. The van der Waals surface area contributed by atoms with Gasteiger partial charge in [-0.2, -0.15) is 13.2 Å². The number of nitrogens with one attached hydrogen (secondary N) is 1. The summed E-state index contributed by atoms with van der Waals surface area (Å²) in [5.41, 5.74) is -3.56. The molecule has 0 saturated carbocycles. The molecule has 1 atom stereocenters. The van der Waals surface area contributed by atoms with Crippen molar-refractivity contribution in [2.24, 2.45) is 5.92 Å². The number of hydrogen-bond acceptors (Lipinski definition) is 3. The lowest BCUT2D eigenvalue weighted by molar-refractivity contribution is -0.140. The SMILES string of the molecule is CC(C)[C@@H](NCc1ccc(SC(F)(F)F)cc1)C(=O)O. The van der Waals surface area contributed by atoms with Crippen molar-refractivity contribution in [1.82, 2.24) is 5.32 Å². The van der Waals surface area contributed by atoms with Gasteiger partial charge in [0.25, 0.3) is 0 Å². The van der Waals surface area contributed by atoms with E-state index in [1.165, 1.54) is 12.1 Å². The highest BCUT2D eigenvalue weighted by molar-refractivity contribution is 8.00. The molecule has 1 rings (SSSR count). The summed E-state index contributed by atoms with van der Waals surface area (Å²) >= 11 is -0.171. The Balaban J connectivity index is 2.59. The lowest BCUT2D eigenvalue weighted by Crippen LogP contribution is -2.40. The molecule has 0 saturated heterocycles. The maximum absolute atomic E-state index is 12.2. The summed E-state index contributed by atoms with van der Waals surface area (Å²) in [6.45, 7) is 3.87. The van der Waals surface area contributed by atoms with Gasteiger partial charge in [0, 0.05) is 11.4 Å². The summed E-state index contributed by atoms with van der Waals surface area (Å²) in [4.78, 5) is 11.1. The molecule has 0 bridgehead atoms. The number of carbonyl (C=O) groups is 1. The third-order valence-electron chi connectivity index (χ3n) is 2.62. The van der Waals surface area contributed by atoms with Crippen molar-refractivity contribution >= 4 is 17.7 Å². The van der Waals surface area contributed by atoms with Crippen molar-refractivity contribution in [3.63, 3.8) is 0 Å². The first-order valence-corrected chi connectivity index (χ1v) is 6.81. The standard InChI is InChI=1S/C13H16F3NO2S/c1-8(2)11(12(18)19)17-7-9-3-5-10(6-4-9)20-13(14,15)16/h3-6,8,11,17H,7H2,1-2H3,(H,18,19)/t11-/m1/s1.